The summed E-state index contributed by atoms with van der Waals surface area (Å²) < 4.78 is 2.90. The van der Waals surface area contributed by atoms with Crippen LogP contribution in [0.25, 0.3) is 0 Å². The molecule has 0 saturated carbocycles. The first kappa shape index (κ1) is 19.1. The van der Waals surface area contributed by atoms with Crippen LogP contribution < -0.4 is 5.32 Å². The Labute approximate surface area is 164 Å². The minimum atomic E-state index is -0.0273. The number of halogens is 1. The Morgan fingerprint density at radius 1 is 1.19 bits per heavy atom. The maximum Gasteiger partial charge on any atom is 0.268 e. The van der Waals surface area contributed by atoms with Crippen molar-refractivity contribution in [1.82, 2.24) is 19.7 Å². The molecule has 0 bridgehead atoms. The van der Waals surface area contributed by atoms with Gasteiger partial charge in [0.1, 0.15) is 5.69 Å². The number of nitrogens with zero attached hydrogens (tertiary/aromatic N) is 3. The number of benzene rings is 1. The van der Waals surface area contributed by atoms with Crippen LogP contribution in [0.4, 0.5) is 0 Å². The van der Waals surface area contributed by atoms with Crippen molar-refractivity contribution in [2.45, 2.75) is 19.5 Å². The van der Waals surface area contributed by atoms with Gasteiger partial charge in [-0.15, -0.1) is 0 Å². The van der Waals surface area contributed by atoms with Crippen LogP contribution in [-0.2, 0) is 6.54 Å². The number of hydrogen-bond donors (Lipinski definition) is 1. The van der Waals surface area contributed by atoms with Gasteiger partial charge in [0, 0.05) is 49.9 Å². The molecule has 1 fully saturated rings. The number of hydrogen-bond acceptors (Lipinski definition) is 3. The van der Waals surface area contributed by atoms with E-state index in [-0.39, 0.29) is 11.9 Å². The van der Waals surface area contributed by atoms with Gasteiger partial charge in [0.05, 0.1) is 6.04 Å². The first-order chi connectivity index (χ1) is 12.6. The Kier molecular flexibility index (Phi) is 6.51. The third-order valence-corrected chi connectivity index (χ3v) is 5.41. The van der Waals surface area contributed by atoms with Gasteiger partial charge >= 0.3 is 0 Å². The highest BCUT2D eigenvalue weighted by atomic mass is 79.9. The molecular formula is C20H27BrN4O. The quantitative estimate of drug-likeness (QED) is 0.783. The third kappa shape index (κ3) is 4.75. The molecule has 1 unspecified atom stereocenters. The van der Waals surface area contributed by atoms with Crippen molar-refractivity contribution in [3.8, 4) is 0 Å². The maximum atomic E-state index is 12.9. The van der Waals surface area contributed by atoms with Crippen molar-refractivity contribution in [2.75, 3.05) is 39.8 Å². The fourth-order valence-corrected chi connectivity index (χ4v) is 3.83. The molecule has 1 aromatic heterocycles. The van der Waals surface area contributed by atoms with Crippen molar-refractivity contribution in [3.63, 3.8) is 0 Å². The van der Waals surface area contributed by atoms with E-state index in [9.17, 15) is 4.79 Å². The van der Waals surface area contributed by atoms with Crippen molar-refractivity contribution in [1.29, 1.82) is 0 Å². The zero-order valence-electron chi connectivity index (χ0n) is 15.5. The molecule has 6 heteroatoms. The maximum absolute atomic E-state index is 12.9. The molecule has 1 amide bonds. The Bertz CT molecular complexity index is 723. The minimum absolute atomic E-state index is 0.0221. The molecule has 26 heavy (non-hydrogen) atoms. The lowest BCUT2D eigenvalue weighted by Crippen LogP contribution is -2.48. The number of nitrogens with one attached hydrogen (secondary N) is 1. The van der Waals surface area contributed by atoms with Gasteiger partial charge in [-0.25, -0.2) is 0 Å². The molecule has 1 N–H and O–H groups in total. The molecule has 0 aliphatic carbocycles. The Hall–Kier alpha value is -1.63. The van der Waals surface area contributed by atoms with E-state index in [0.29, 0.717) is 5.69 Å². The number of aryl methyl sites for hydroxylation is 1. The van der Waals surface area contributed by atoms with Gasteiger partial charge in [-0.1, -0.05) is 30.3 Å². The second-order valence-electron chi connectivity index (χ2n) is 6.87. The Morgan fingerprint density at radius 2 is 1.88 bits per heavy atom. The van der Waals surface area contributed by atoms with E-state index in [0.717, 1.165) is 49.3 Å². The molecule has 1 aliphatic rings. The molecule has 0 spiro atoms. The van der Waals surface area contributed by atoms with Crippen molar-refractivity contribution in [2.24, 2.45) is 0 Å². The number of piperazine rings is 1. The highest BCUT2D eigenvalue weighted by molar-refractivity contribution is 9.10. The summed E-state index contributed by atoms with van der Waals surface area (Å²) in [6, 6.07) is 12.1. The van der Waals surface area contributed by atoms with Gasteiger partial charge < -0.3 is 14.8 Å². The van der Waals surface area contributed by atoms with E-state index in [1.165, 1.54) is 0 Å². The average Bonchev–Trinajstić information content (AvgIpc) is 3.04. The Balaban J connectivity index is 1.76. The molecule has 3 rings (SSSR count). The number of likely N-dealkylation sites (N-methyl/N-ethyl adjacent to an activating group) is 1. The van der Waals surface area contributed by atoms with Crippen LogP contribution >= 0.6 is 15.9 Å². The molecule has 0 radical (unpaired) electrons. The average molecular weight is 419 g/mol. The van der Waals surface area contributed by atoms with E-state index in [2.05, 4.69) is 50.2 Å². The van der Waals surface area contributed by atoms with Gasteiger partial charge in [0.2, 0.25) is 0 Å². The van der Waals surface area contributed by atoms with Crippen LogP contribution in [0.15, 0.2) is 47.1 Å². The minimum Gasteiger partial charge on any atom is -0.343 e. The second-order valence-corrected chi connectivity index (χ2v) is 7.79. The largest absolute Gasteiger partial charge is 0.343 e. The lowest BCUT2D eigenvalue weighted by molar-refractivity contribution is 0.0898. The van der Waals surface area contributed by atoms with Crippen LogP contribution in [0, 0.1) is 0 Å². The smallest absolute Gasteiger partial charge is 0.268 e. The molecular weight excluding hydrogens is 392 g/mol. The number of carbonyl (C=O) groups excluding carboxylic acids is 1. The standard InChI is InChI=1S/C20H27BrN4O/c1-3-25-14-17(21)13-19(25)20(26)22-18(16-7-5-4-6-8-16)15-24-11-9-23(2)10-12-24/h4-8,13-14,18H,3,9-12,15H2,1-2H3,(H,22,26). The summed E-state index contributed by atoms with van der Waals surface area (Å²) in [5, 5.41) is 3.26. The lowest BCUT2D eigenvalue weighted by atomic mass is 10.1. The first-order valence-corrected chi connectivity index (χ1v) is 9.98. The normalized spacial score (nSPS) is 17.2. The van der Waals surface area contributed by atoms with Crippen LogP contribution in [0.5, 0.6) is 0 Å². The summed E-state index contributed by atoms with van der Waals surface area (Å²) in [7, 11) is 2.16. The number of carbonyl (C=O) groups is 1. The van der Waals surface area contributed by atoms with Crippen LogP contribution in [-0.4, -0.2) is 60.0 Å². The Morgan fingerprint density at radius 3 is 2.54 bits per heavy atom. The van der Waals surface area contributed by atoms with Gasteiger partial charge in [-0.3, -0.25) is 9.69 Å². The first-order valence-electron chi connectivity index (χ1n) is 9.19. The number of rotatable bonds is 6. The lowest BCUT2D eigenvalue weighted by Gasteiger charge is -2.35. The van der Waals surface area contributed by atoms with Gasteiger partial charge in [-0.2, -0.15) is 0 Å². The highest BCUT2D eigenvalue weighted by Gasteiger charge is 2.23. The van der Waals surface area contributed by atoms with Gasteiger partial charge in [-0.05, 0) is 41.5 Å². The van der Waals surface area contributed by atoms with E-state index < -0.39 is 0 Å². The van der Waals surface area contributed by atoms with Crippen LogP contribution in [0.3, 0.4) is 0 Å². The van der Waals surface area contributed by atoms with E-state index in [1.807, 2.05) is 42.0 Å². The van der Waals surface area contributed by atoms with E-state index in [4.69, 9.17) is 0 Å². The predicted octanol–water partition coefficient (Wildman–Crippen LogP) is 2.99. The fourth-order valence-electron chi connectivity index (χ4n) is 3.37. The second kappa shape index (κ2) is 8.84. The van der Waals surface area contributed by atoms with Crippen molar-refractivity contribution < 1.29 is 4.79 Å². The number of amides is 1. The summed E-state index contributed by atoms with van der Waals surface area (Å²) in [6.07, 6.45) is 1.95. The monoisotopic (exact) mass is 418 g/mol. The van der Waals surface area contributed by atoms with Crippen LogP contribution in [0.1, 0.15) is 29.0 Å². The summed E-state index contributed by atoms with van der Waals surface area (Å²) in [4.78, 5) is 17.7. The van der Waals surface area contributed by atoms with Crippen molar-refractivity contribution in [3.05, 3.63) is 58.3 Å². The molecule has 2 aromatic rings. The van der Waals surface area contributed by atoms with E-state index >= 15 is 0 Å². The summed E-state index contributed by atoms with van der Waals surface area (Å²) in [6.45, 7) is 7.85. The highest BCUT2D eigenvalue weighted by Crippen LogP contribution is 2.19. The molecule has 140 valence electrons. The predicted molar refractivity (Wildman–Crippen MR) is 108 cm³/mol. The van der Waals surface area contributed by atoms with Gasteiger partial charge in [0.15, 0.2) is 0 Å². The molecule has 1 saturated heterocycles. The van der Waals surface area contributed by atoms with Crippen LogP contribution in [0.2, 0.25) is 0 Å². The molecule has 5 nitrogen and oxygen atoms in total. The fraction of sp³-hybridized carbons (Fsp3) is 0.450. The summed E-state index contributed by atoms with van der Waals surface area (Å²) in [5.74, 6) is -0.0273. The van der Waals surface area contributed by atoms with Gasteiger partial charge in [0.25, 0.3) is 5.91 Å². The SMILES string of the molecule is CCn1cc(Br)cc1C(=O)NC(CN1CCN(C)CC1)c1ccccc1. The zero-order valence-corrected chi connectivity index (χ0v) is 17.1. The number of aromatic nitrogens is 1. The van der Waals surface area contributed by atoms with Crippen molar-refractivity contribution >= 4 is 21.8 Å². The molecule has 1 aliphatic heterocycles. The topological polar surface area (TPSA) is 40.5 Å². The summed E-state index contributed by atoms with van der Waals surface area (Å²) >= 11 is 3.47. The van der Waals surface area contributed by atoms with E-state index in [1.54, 1.807) is 0 Å². The zero-order chi connectivity index (χ0) is 18.5. The molecule has 1 aromatic carbocycles. The summed E-state index contributed by atoms with van der Waals surface area (Å²) in [5.41, 5.74) is 1.84. The molecule has 1 atom stereocenters. The molecule has 2 heterocycles. The third-order valence-electron chi connectivity index (χ3n) is 4.98.